The summed E-state index contributed by atoms with van der Waals surface area (Å²) in [5, 5.41) is 3.02. The number of nitrogens with zero attached hydrogens (tertiary/aromatic N) is 1. The van der Waals surface area contributed by atoms with Crippen LogP contribution in [0, 0.1) is 6.92 Å². The summed E-state index contributed by atoms with van der Waals surface area (Å²) in [7, 11) is 3.25. The van der Waals surface area contributed by atoms with Crippen molar-refractivity contribution < 1.29 is 14.3 Å². The molecule has 1 N–H and O–H groups in total. The second-order valence-electron chi connectivity index (χ2n) is 6.52. The molecule has 1 amide bonds. The molecule has 0 aliphatic carbocycles. The number of hydrogen-bond donors (Lipinski definition) is 1. The van der Waals surface area contributed by atoms with Crippen LogP contribution in [0.25, 0.3) is 0 Å². The van der Waals surface area contributed by atoms with E-state index in [1.165, 1.54) is 11.1 Å². The highest BCUT2D eigenvalue weighted by Crippen LogP contribution is 2.27. The number of carbonyl (C=O) groups excluding carboxylic acids is 1. The molecule has 0 aromatic heterocycles. The minimum absolute atomic E-state index is 0.0471. The van der Waals surface area contributed by atoms with Gasteiger partial charge in [0.25, 0.3) is 0 Å². The monoisotopic (exact) mass is 370 g/mol. The van der Waals surface area contributed by atoms with E-state index in [0.29, 0.717) is 31.1 Å². The average Bonchev–Trinajstić information content (AvgIpc) is 2.68. The Labute approximate surface area is 162 Å². The maximum absolute atomic E-state index is 12.3. The third kappa shape index (κ3) is 6.29. The summed E-state index contributed by atoms with van der Waals surface area (Å²) in [6.45, 7) is 6.65. The Morgan fingerprint density at radius 2 is 1.81 bits per heavy atom. The molecule has 0 saturated heterocycles. The van der Waals surface area contributed by atoms with Gasteiger partial charge in [0.05, 0.1) is 20.8 Å². The lowest BCUT2D eigenvalue weighted by Crippen LogP contribution is -2.37. The van der Waals surface area contributed by atoms with Crippen LogP contribution in [0.4, 0.5) is 0 Å². The third-order valence-electron chi connectivity index (χ3n) is 4.65. The molecule has 0 radical (unpaired) electrons. The van der Waals surface area contributed by atoms with Crippen LogP contribution in [0.5, 0.6) is 11.5 Å². The number of benzene rings is 2. The van der Waals surface area contributed by atoms with Gasteiger partial charge in [-0.25, -0.2) is 0 Å². The lowest BCUT2D eigenvalue weighted by Gasteiger charge is -2.20. The van der Waals surface area contributed by atoms with Crippen molar-refractivity contribution in [2.75, 3.05) is 33.9 Å². The van der Waals surface area contributed by atoms with Gasteiger partial charge < -0.3 is 14.8 Å². The fourth-order valence-corrected chi connectivity index (χ4v) is 3.00. The van der Waals surface area contributed by atoms with E-state index in [1.807, 2.05) is 30.3 Å². The molecule has 0 heterocycles. The second-order valence-corrected chi connectivity index (χ2v) is 6.52. The van der Waals surface area contributed by atoms with Crippen LogP contribution in [0.1, 0.15) is 23.6 Å². The van der Waals surface area contributed by atoms with Gasteiger partial charge in [0.15, 0.2) is 11.5 Å². The van der Waals surface area contributed by atoms with E-state index in [2.05, 4.69) is 36.2 Å². The van der Waals surface area contributed by atoms with E-state index in [0.717, 1.165) is 18.5 Å². The molecule has 0 fully saturated rings. The Hall–Kier alpha value is -2.53. The van der Waals surface area contributed by atoms with Crippen molar-refractivity contribution in [1.82, 2.24) is 10.2 Å². The first-order valence-corrected chi connectivity index (χ1v) is 9.31. The van der Waals surface area contributed by atoms with Crippen LogP contribution in [-0.2, 0) is 17.8 Å². The van der Waals surface area contributed by atoms with Crippen molar-refractivity contribution in [1.29, 1.82) is 0 Å². The highest BCUT2D eigenvalue weighted by molar-refractivity contribution is 5.78. The van der Waals surface area contributed by atoms with Gasteiger partial charge in [-0.15, -0.1) is 0 Å². The smallest absolute Gasteiger partial charge is 0.234 e. The van der Waals surface area contributed by atoms with Gasteiger partial charge in [0, 0.05) is 13.1 Å². The summed E-state index contributed by atoms with van der Waals surface area (Å²) >= 11 is 0. The molecule has 146 valence electrons. The van der Waals surface area contributed by atoms with E-state index in [4.69, 9.17) is 9.47 Å². The molecule has 2 aromatic carbocycles. The van der Waals surface area contributed by atoms with Crippen LogP contribution < -0.4 is 14.8 Å². The highest BCUT2D eigenvalue weighted by Gasteiger charge is 2.12. The summed E-state index contributed by atoms with van der Waals surface area (Å²) in [4.78, 5) is 14.4. The maximum atomic E-state index is 12.3. The Bertz CT molecular complexity index is 746. The van der Waals surface area contributed by atoms with Crippen molar-refractivity contribution in [3.8, 4) is 11.5 Å². The molecule has 0 atom stereocenters. The van der Waals surface area contributed by atoms with E-state index in [9.17, 15) is 4.79 Å². The lowest BCUT2D eigenvalue weighted by molar-refractivity contribution is -0.122. The van der Waals surface area contributed by atoms with Crippen LogP contribution in [0.3, 0.4) is 0 Å². The summed E-state index contributed by atoms with van der Waals surface area (Å²) in [6, 6.07) is 14.1. The number of ether oxygens (including phenoxy) is 2. The molecular weight excluding hydrogens is 340 g/mol. The molecule has 0 bridgehead atoms. The highest BCUT2D eigenvalue weighted by atomic mass is 16.5. The summed E-state index contributed by atoms with van der Waals surface area (Å²) in [5.41, 5.74) is 3.62. The van der Waals surface area contributed by atoms with Gasteiger partial charge in [-0.1, -0.05) is 37.3 Å². The molecular formula is C22H30N2O3. The number of methoxy groups -OCH3 is 2. The zero-order valence-corrected chi connectivity index (χ0v) is 16.7. The predicted molar refractivity (Wildman–Crippen MR) is 108 cm³/mol. The predicted octanol–water partition coefficient (Wildman–Crippen LogP) is 3.19. The number of hydrogen-bond acceptors (Lipinski definition) is 4. The summed E-state index contributed by atoms with van der Waals surface area (Å²) < 4.78 is 10.6. The lowest BCUT2D eigenvalue weighted by atomic mass is 10.1. The minimum Gasteiger partial charge on any atom is -0.493 e. The molecule has 0 saturated carbocycles. The molecule has 0 aliphatic heterocycles. The normalized spacial score (nSPS) is 10.7. The number of nitrogens with one attached hydrogen (secondary N) is 1. The topological polar surface area (TPSA) is 50.8 Å². The first kappa shape index (κ1) is 20.8. The van der Waals surface area contributed by atoms with Crippen molar-refractivity contribution in [2.24, 2.45) is 0 Å². The quantitative estimate of drug-likeness (QED) is 0.698. The molecule has 2 rings (SSSR count). The number of aryl methyl sites for hydroxylation is 1. The minimum atomic E-state index is 0.0471. The number of likely N-dealkylation sites (N-methyl/N-ethyl adjacent to an activating group) is 1. The van der Waals surface area contributed by atoms with Crippen LogP contribution in [0.2, 0.25) is 0 Å². The largest absolute Gasteiger partial charge is 0.493 e. The summed E-state index contributed by atoms with van der Waals surface area (Å²) in [6.07, 6.45) is 0.847. The molecule has 5 heteroatoms. The van der Waals surface area contributed by atoms with E-state index in [-0.39, 0.29) is 5.91 Å². The second kappa shape index (κ2) is 10.6. The van der Waals surface area contributed by atoms with Gasteiger partial charge in [-0.2, -0.15) is 0 Å². The fraction of sp³-hybridized carbons (Fsp3) is 0.409. The first-order chi connectivity index (χ1) is 13.1. The van der Waals surface area contributed by atoms with Crippen LogP contribution >= 0.6 is 0 Å². The molecule has 5 nitrogen and oxygen atoms in total. The third-order valence-corrected chi connectivity index (χ3v) is 4.65. The molecule has 2 aromatic rings. The zero-order chi connectivity index (χ0) is 19.6. The van der Waals surface area contributed by atoms with E-state index < -0.39 is 0 Å². The van der Waals surface area contributed by atoms with Gasteiger partial charge in [0.1, 0.15) is 0 Å². The molecule has 27 heavy (non-hydrogen) atoms. The Kier molecular flexibility index (Phi) is 8.14. The fourth-order valence-electron chi connectivity index (χ4n) is 3.00. The van der Waals surface area contributed by atoms with Gasteiger partial charge in [-0.05, 0) is 48.7 Å². The van der Waals surface area contributed by atoms with E-state index in [1.54, 1.807) is 14.2 Å². The number of amides is 1. The average molecular weight is 370 g/mol. The van der Waals surface area contributed by atoms with Crippen molar-refractivity contribution in [3.05, 3.63) is 59.2 Å². The molecule has 0 aliphatic rings. The Morgan fingerprint density at radius 1 is 1.07 bits per heavy atom. The zero-order valence-electron chi connectivity index (χ0n) is 16.7. The van der Waals surface area contributed by atoms with Gasteiger partial charge in [-0.3, -0.25) is 9.69 Å². The molecule has 0 unspecified atom stereocenters. The maximum Gasteiger partial charge on any atom is 0.234 e. The number of carbonyl (C=O) groups is 1. The standard InChI is InChI=1S/C22H30N2O3/c1-5-24(15-18-10-11-20(26-3)21(14-18)27-4)16-22(25)23-13-12-19-9-7-6-8-17(19)2/h6-11,14H,5,12-13,15-16H2,1-4H3,(H,23,25). The van der Waals surface area contributed by atoms with Gasteiger partial charge >= 0.3 is 0 Å². The number of rotatable bonds is 10. The van der Waals surface area contributed by atoms with Crippen molar-refractivity contribution in [3.63, 3.8) is 0 Å². The van der Waals surface area contributed by atoms with Crippen LogP contribution in [0.15, 0.2) is 42.5 Å². The molecule has 0 spiro atoms. The van der Waals surface area contributed by atoms with Gasteiger partial charge in [0.2, 0.25) is 5.91 Å². The van der Waals surface area contributed by atoms with E-state index >= 15 is 0 Å². The van der Waals surface area contributed by atoms with Crippen molar-refractivity contribution >= 4 is 5.91 Å². The van der Waals surface area contributed by atoms with Crippen molar-refractivity contribution in [2.45, 2.75) is 26.8 Å². The Morgan fingerprint density at radius 3 is 2.48 bits per heavy atom. The Balaban J connectivity index is 1.85. The SMILES string of the molecule is CCN(CC(=O)NCCc1ccccc1C)Cc1ccc(OC)c(OC)c1. The van der Waals surface area contributed by atoms with Crippen LogP contribution in [-0.4, -0.2) is 44.7 Å². The summed E-state index contributed by atoms with van der Waals surface area (Å²) in [5.74, 6) is 1.46. The first-order valence-electron chi connectivity index (χ1n) is 9.31.